The van der Waals surface area contributed by atoms with Crippen molar-refractivity contribution >= 4 is 5.91 Å². The maximum absolute atomic E-state index is 12.0. The van der Waals surface area contributed by atoms with Gasteiger partial charge in [-0.25, -0.2) is 4.98 Å². The van der Waals surface area contributed by atoms with Crippen molar-refractivity contribution in [1.29, 1.82) is 5.26 Å². The van der Waals surface area contributed by atoms with Crippen LogP contribution in [0.1, 0.15) is 49.7 Å². The van der Waals surface area contributed by atoms with Crippen molar-refractivity contribution in [2.24, 2.45) is 0 Å². The summed E-state index contributed by atoms with van der Waals surface area (Å²) in [6.45, 7) is 9.50. The van der Waals surface area contributed by atoms with Crippen molar-refractivity contribution in [3.05, 3.63) is 29.6 Å². The smallest absolute Gasteiger partial charge is 0.270 e. The fourth-order valence-electron chi connectivity index (χ4n) is 2.13. The Morgan fingerprint density at radius 2 is 2.14 bits per heavy atom. The van der Waals surface area contributed by atoms with Gasteiger partial charge in [0.2, 0.25) is 0 Å². The third-order valence-corrected chi connectivity index (χ3v) is 3.51. The fraction of sp³-hybridized carbons (Fsp3) is 0.562. The molecule has 0 aliphatic heterocycles. The van der Waals surface area contributed by atoms with Crippen LogP contribution in [-0.2, 0) is 0 Å². The molecule has 1 amide bonds. The highest BCUT2D eigenvalue weighted by molar-refractivity contribution is 5.92. The van der Waals surface area contributed by atoms with Crippen molar-refractivity contribution in [1.82, 2.24) is 15.2 Å². The average molecular weight is 288 g/mol. The molecule has 21 heavy (non-hydrogen) atoms. The minimum Gasteiger partial charge on any atom is -0.348 e. The summed E-state index contributed by atoms with van der Waals surface area (Å²) in [5.41, 5.74) is 0.809. The van der Waals surface area contributed by atoms with E-state index >= 15 is 0 Å². The Balaban J connectivity index is 2.38. The minimum absolute atomic E-state index is 0.116. The summed E-state index contributed by atoms with van der Waals surface area (Å²) < 4.78 is 0. The van der Waals surface area contributed by atoms with Gasteiger partial charge in [-0.2, -0.15) is 5.26 Å². The highest BCUT2D eigenvalue weighted by Gasteiger charge is 2.11. The van der Waals surface area contributed by atoms with Crippen LogP contribution in [0, 0.1) is 11.3 Å². The molecule has 1 N–H and O–H groups in total. The van der Waals surface area contributed by atoms with Crippen molar-refractivity contribution in [2.45, 2.75) is 39.7 Å². The topological polar surface area (TPSA) is 69.0 Å². The van der Waals surface area contributed by atoms with Gasteiger partial charge in [0.15, 0.2) is 0 Å². The number of nitrogens with zero attached hydrogens (tertiary/aromatic N) is 3. The molecule has 1 unspecified atom stereocenters. The van der Waals surface area contributed by atoms with Crippen LogP contribution in [0.5, 0.6) is 0 Å². The van der Waals surface area contributed by atoms with Gasteiger partial charge in [0.1, 0.15) is 11.8 Å². The molecule has 1 rings (SSSR count). The van der Waals surface area contributed by atoms with Crippen LogP contribution in [0.2, 0.25) is 0 Å². The highest BCUT2D eigenvalue weighted by atomic mass is 16.1. The Kier molecular flexibility index (Phi) is 7.41. The average Bonchev–Trinajstić information content (AvgIpc) is 2.51. The van der Waals surface area contributed by atoms with E-state index in [0.29, 0.717) is 11.3 Å². The van der Waals surface area contributed by atoms with E-state index in [1.807, 2.05) is 13.0 Å². The standard InChI is InChI=1S/C16H24N4O/c1-4-20(5-2)10-6-7-13(3)19-16(21)15-9-8-14(11-17)12-18-15/h8-9,12-13H,4-7,10H2,1-3H3,(H,19,21). The molecule has 0 saturated heterocycles. The predicted octanol–water partition coefficient (Wildman–Crippen LogP) is 2.19. The Bertz CT molecular complexity index is 474. The third kappa shape index (κ3) is 5.92. The number of hydrogen-bond acceptors (Lipinski definition) is 4. The van der Waals surface area contributed by atoms with Gasteiger partial charge < -0.3 is 10.2 Å². The highest BCUT2D eigenvalue weighted by Crippen LogP contribution is 2.03. The Morgan fingerprint density at radius 1 is 1.43 bits per heavy atom. The summed E-state index contributed by atoms with van der Waals surface area (Å²) in [6.07, 6.45) is 3.42. The van der Waals surface area contributed by atoms with E-state index in [-0.39, 0.29) is 11.9 Å². The predicted molar refractivity (Wildman–Crippen MR) is 82.9 cm³/mol. The lowest BCUT2D eigenvalue weighted by atomic mass is 10.1. The minimum atomic E-state index is -0.185. The van der Waals surface area contributed by atoms with Gasteiger partial charge in [-0.05, 0) is 51.5 Å². The van der Waals surface area contributed by atoms with Crippen LogP contribution in [0.25, 0.3) is 0 Å². The summed E-state index contributed by atoms with van der Waals surface area (Å²) >= 11 is 0. The molecular weight excluding hydrogens is 264 g/mol. The molecule has 5 nitrogen and oxygen atoms in total. The molecule has 1 atom stereocenters. The van der Waals surface area contributed by atoms with Crippen LogP contribution in [0.4, 0.5) is 0 Å². The monoisotopic (exact) mass is 288 g/mol. The lowest BCUT2D eigenvalue weighted by Gasteiger charge is -2.19. The second-order valence-corrected chi connectivity index (χ2v) is 5.09. The maximum atomic E-state index is 12.0. The van der Waals surface area contributed by atoms with E-state index in [0.717, 1.165) is 32.5 Å². The normalized spacial score (nSPS) is 12.0. The molecule has 1 aromatic heterocycles. The Labute approximate surface area is 127 Å². The fourth-order valence-corrected chi connectivity index (χ4v) is 2.13. The quantitative estimate of drug-likeness (QED) is 0.796. The lowest BCUT2D eigenvalue weighted by molar-refractivity contribution is 0.0932. The first-order chi connectivity index (χ1) is 10.1. The Morgan fingerprint density at radius 3 is 2.67 bits per heavy atom. The molecule has 0 aromatic carbocycles. The van der Waals surface area contributed by atoms with Gasteiger partial charge in [0, 0.05) is 12.2 Å². The summed E-state index contributed by atoms with van der Waals surface area (Å²) in [5, 5.41) is 11.6. The van der Waals surface area contributed by atoms with Crippen LogP contribution in [-0.4, -0.2) is 41.5 Å². The second kappa shape index (κ2) is 9.09. The zero-order chi connectivity index (χ0) is 15.7. The number of carbonyl (C=O) groups excluding carboxylic acids is 1. The van der Waals surface area contributed by atoms with Gasteiger partial charge in [-0.1, -0.05) is 13.8 Å². The first kappa shape index (κ1) is 17.1. The largest absolute Gasteiger partial charge is 0.348 e. The lowest BCUT2D eigenvalue weighted by Crippen LogP contribution is -2.34. The molecular formula is C16H24N4O. The van der Waals surface area contributed by atoms with E-state index < -0.39 is 0 Å². The van der Waals surface area contributed by atoms with E-state index in [9.17, 15) is 4.79 Å². The van der Waals surface area contributed by atoms with E-state index in [4.69, 9.17) is 5.26 Å². The van der Waals surface area contributed by atoms with Gasteiger partial charge >= 0.3 is 0 Å². The number of nitriles is 1. The van der Waals surface area contributed by atoms with Gasteiger partial charge in [0.25, 0.3) is 5.91 Å². The number of hydrogen-bond donors (Lipinski definition) is 1. The molecule has 0 spiro atoms. The van der Waals surface area contributed by atoms with E-state index in [1.165, 1.54) is 6.20 Å². The van der Waals surface area contributed by atoms with E-state index in [2.05, 4.69) is 29.0 Å². The number of nitrogens with one attached hydrogen (secondary N) is 1. The van der Waals surface area contributed by atoms with Gasteiger partial charge in [-0.15, -0.1) is 0 Å². The summed E-state index contributed by atoms with van der Waals surface area (Å²) in [7, 11) is 0. The first-order valence-corrected chi connectivity index (χ1v) is 7.50. The van der Waals surface area contributed by atoms with Gasteiger partial charge in [0.05, 0.1) is 5.56 Å². The molecule has 114 valence electrons. The molecule has 1 aromatic rings. The van der Waals surface area contributed by atoms with Crippen LogP contribution in [0.15, 0.2) is 18.3 Å². The number of rotatable bonds is 8. The molecule has 5 heteroatoms. The van der Waals surface area contributed by atoms with Crippen molar-refractivity contribution in [2.75, 3.05) is 19.6 Å². The van der Waals surface area contributed by atoms with Crippen molar-refractivity contribution < 1.29 is 4.79 Å². The summed E-state index contributed by atoms with van der Waals surface area (Å²) in [5.74, 6) is -0.185. The number of amides is 1. The molecule has 0 radical (unpaired) electrons. The number of pyridine rings is 1. The zero-order valence-corrected chi connectivity index (χ0v) is 13.1. The third-order valence-electron chi connectivity index (χ3n) is 3.51. The molecule has 0 bridgehead atoms. The summed E-state index contributed by atoms with van der Waals surface area (Å²) in [6, 6.07) is 5.28. The SMILES string of the molecule is CCN(CC)CCCC(C)NC(=O)c1ccc(C#N)cn1. The zero-order valence-electron chi connectivity index (χ0n) is 13.1. The van der Waals surface area contributed by atoms with Crippen molar-refractivity contribution in [3.8, 4) is 6.07 Å². The summed E-state index contributed by atoms with van der Waals surface area (Å²) in [4.78, 5) is 18.4. The molecule has 0 aliphatic rings. The van der Waals surface area contributed by atoms with Gasteiger partial charge in [-0.3, -0.25) is 4.79 Å². The second-order valence-electron chi connectivity index (χ2n) is 5.09. The maximum Gasteiger partial charge on any atom is 0.270 e. The van der Waals surface area contributed by atoms with Crippen LogP contribution < -0.4 is 5.32 Å². The molecule has 0 saturated carbocycles. The molecule has 1 heterocycles. The van der Waals surface area contributed by atoms with Crippen molar-refractivity contribution in [3.63, 3.8) is 0 Å². The number of carbonyl (C=O) groups is 1. The van der Waals surface area contributed by atoms with Crippen LogP contribution in [0.3, 0.4) is 0 Å². The van der Waals surface area contributed by atoms with Crippen LogP contribution >= 0.6 is 0 Å². The molecule has 0 aliphatic carbocycles. The number of aromatic nitrogens is 1. The Hall–Kier alpha value is -1.93. The first-order valence-electron chi connectivity index (χ1n) is 7.50. The molecule has 0 fully saturated rings. The van der Waals surface area contributed by atoms with E-state index in [1.54, 1.807) is 12.1 Å².